The third-order valence-corrected chi connectivity index (χ3v) is 5.03. The van der Waals surface area contributed by atoms with Crippen molar-refractivity contribution in [1.82, 2.24) is 5.32 Å². The van der Waals surface area contributed by atoms with Crippen molar-refractivity contribution >= 4 is 0 Å². The van der Waals surface area contributed by atoms with Crippen LogP contribution in [0.3, 0.4) is 0 Å². The van der Waals surface area contributed by atoms with E-state index in [1.807, 2.05) is 0 Å². The van der Waals surface area contributed by atoms with Crippen molar-refractivity contribution < 1.29 is 0 Å². The summed E-state index contributed by atoms with van der Waals surface area (Å²) in [6, 6.07) is 9.66. The van der Waals surface area contributed by atoms with Crippen LogP contribution < -0.4 is 5.32 Å². The molecule has 1 aromatic rings. The zero-order valence-corrected chi connectivity index (χ0v) is 12.1. The van der Waals surface area contributed by atoms with Gasteiger partial charge in [-0.05, 0) is 55.1 Å². The van der Waals surface area contributed by atoms with Crippen molar-refractivity contribution in [3.63, 3.8) is 0 Å². The molecule has 0 saturated heterocycles. The standard InChI is InChI=1S/C18H25N/c1-3-14-4-6-15(7-5-14)12-19-13(2)18-11-16-8-9-17(18)10-16/h4-9,13,16-19H,3,10-12H2,1-2H3. The minimum absolute atomic E-state index is 0.630. The highest BCUT2D eigenvalue weighted by Gasteiger charge is 2.38. The molecular formula is C18H25N. The van der Waals surface area contributed by atoms with E-state index in [1.54, 1.807) is 0 Å². The van der Waals surface area contributed by atoms with Crippen molar-refractivity contribution in [1.29, 1.82) is 0 Å². The second-order valence-corrected chi connectivity index (χ2v) is 6.28. The first kappa shape index (κ1) is 12.9. The highest BCUT2D eigenvalue weighted by molar-refractivity contribution is 5.22. The Kier molecular flexibility index (Phi) is 3.74. The fourth-order valence-corrected chi connectivity index (χ4v) is 3.72. The number of benzene rings is 1. The molecule has 102 valence electrons. The number of nitrogens with one attached hydrogen (secondary N) is 1. The van der Waals surface area contributed by atoms with Gasteiger partial charge < -0.3 is 5.32 Å². The first-order chi connectivity index (χ1) is 9.26. The van der Waals surface area contributed by atoms with Crippen molar-refractivity contribution in [2.45, 2.75) is 45.7 Å². The van der Waals surface area contributed by atoms with E-state index in [0.717, 1.165) is 30.7 Å². The van der Waals surface area contributed by atoms with Gasteiger partial charge in [-0.25, -0.2) is 0 Å². The van der Waals surface area contributed by atoms with Crippen LogP contribution in [0.15, 0.2) is 36.4 Å². The van der Waals surface area contributed by atoms with Crippen LogP contribution in [-0.4, -0.2) is 6.04 Å². The van der Waals surface area contributed by atoms with Crippen LogP contribution in [0.1, 0.15) is 37.8 Å². The van der Waals surface area contributed by atoms with Gasteiger partial charge in [-0.1, -0.05) is 43.3 Å². The zero-order chi connectivity index (χ0) is 13.2. The molecule has 2 aliphatic rings. The second-order valence-electron chi connectivity index (χ2n) is 6.28. The Hall–Kier alpha value is -1.08. The summed E-state index contributed by atoms with van der Waals surface area (Å²) >= 11 is 0. The van der Waals surface area contributed by atoms with E-state index in [0.29, 0.717) is 6.04 Å². The average molecular weight is 255 g/mol. The highest BCUT2D eigenvalue weighted by atomic mass is 14.9. The highest BCUT2D eigenvalue weighted by Crippen LogP contribution is 2.44. The van der Waals surface area contributed by atoms with Gasteiger partial charge in [0.2, 0.25) is 0 Å². The molecule has 0 heterocycles. The molecule has 2 bridgehead atoms. The smallest absolute Gasteiger partial charge is 0.0208 e. The molecule has 1 saturated carbocycles. The summed E-state index contributed by atoms with van der Waals surface area (Å²) in [7, 11) is 0. The molecule has 0 spiro atoms. The quantitative estimate of drug-likeness (QED) is 0.786. The first-order valence-electron chi connectivity index (χ1n) is 7.75. The lowest BCUT2D eigenvalue weighted by molar-refractivity contribution is 0.326. The van der Waals surface area contributed by atoms with Gasteiger partial charge >= 0.3 is 0 Å². The van der Waals surface area contributed by atoms with Gasteiger partial charge in [0, 0.05) is 12.6 Å². The van der Waals surface area contributed by atoms with Crippen LogP contribution in [-0.2, 0) is 13.0 Å². The maximum Gasteiger partial charge on any atom is 0.0208 e. The Morgan fingerprint density at radius 1 is 1.11 bits per heavy atom. The third kappa shape index (κ3) is 2.76. The molecule has 0 aliphatic heterocycles. The molecule has 4 atom stereocenters. The molecular weight excluding hydrogens is 230 g/mol. The van der Waals surface area contributed by atoms with Gasteiger partial charge in [0.25, 0.3) is 0 Å². The minimum Gasteiger partial charge on any atom is -0.310 e. The van der Waals surface area contributed by atoms with Crippen LogP contribution in [0.2, 0.25) is 0 Å². The van der Waals surface area contributed by atoms with Crippen LogP contribution in [0.5, 0.6) is 0 Å². The largest absolute Gasteiger partial charge is 0.310 e. The number of fused-ring (bicyclic) bond motifs is 2. The molecule has 1 heteroatoms. The molecule has 1 fully saturated rings. The summed E-state index contributed by atoms with van der Waals surface area (Å²) in [6.45, 7) is 5.57. The predicted octanol–water partition coefficient (Wildman–Crippen LogP) is 3.94. The summed E-state index contributed by atoms with van der Waals surface area (Å²) in [5.41, 5.74) is 2.83. The fourth-order valence-electron chi connectivity index (χ4n) is 3.72. The summed E-state index contributed by atoms with van der Waals surface area (Å²) in [5, 5.41) is 3.73. The molecule has 3 rings (SSSR count). The van der Waals surface area contributed by atoms with Crippen LogP contribution in [0.25, 0.3) is 0 Å². The van der Waals surface area contributed by atoms with Crippen LogP contribution in [0, 0.1) is 17.8 Å². The SMILES string of the molecule is CCc1ccc(CNC(C)C2CC3C=CC2C3)cc1. The summed E-state index contributed by atoms with van der Waals surface area (Å²) in [5.74, 6) is 2.57. The molecule has 1 nitrogen and oxygen atoms in total. The van der Waals surface area contributed by atoms with Gasteiger partial charge in [-0.3, -0.25) is 0 Å². The van der Waals surface area contributed by atoms with Gasteiger partial charge in [-0.15, -0.1) is 0 Å². The van der Waals surface area contributed by atoms with Gasteiger partial charge in [-0.2, -0.15) is 0 Å². The fraction of sp³-hybridized carbons (Fsp3) is 0.556. The minimum atomic E-state index is 0.630. The number of aryl methyl sites for hydroxylation is 1. The molecule has 2 aliphatic carbocycles. The molecule has 19 heavy (non-hydrogen) atoms. The Morgan fingerprint density at radius 2 is 1.84 bits per heavy atom. The van der Waals surface area contributed by atoms with Crippen LogP contribution in [0.4, 0.5) is 0 Å². The van der Waals surface area contributed by atoms with E-state index in [2.05, 4.69) is 55.6 Å². The Morgan fingerprint density at radius 3 is 2.42 bits per heavy atom. The molecule has 0 amide bonds. The maximum atomic E-state index is 3.73. The lowest BCUT2D eigenvalue weighted by atomic mass is 9.87. The second kappa shape index (κ2) is 5.50. The zero-order valence-electron chi connectivity index (χ0n) is 12.1. The lowest BCUT2D eigenvalue weighted by Gasteiger charge is -2.26. The van der Waals surface area contributed by atoms with E-state index in [1.165, 1.54) is 24.0 Å². The summed E-state index contributed by atoms with van der Waals surface area (Å²) in [4.78, 5) is 0. The normalized spacial score (nSPS) is 29.9. The lowest BCUT2D eigenvalue weighted by Crippen LogP contribution is -2.35. The average Bonchev–Trinajstić information content (AvgIpc) is 3.08. The topological polar surface area (TPSA) is 12.0 Å². The van der Waals surface area contributed by atoms with Gasteiger partial charge in [0.05, 0.1) is 0 Å². The number of rotatable bonds is 5. The van der Waals surface area contributed by atoms with Crippen molar-refractivity contribution in [3.05, 3.63) is 47.5 Å². The summed E-state index contributed by atoms with van der Waals surface area (Å²) < 4.78 is 0. The number of hydrogen-bond acceptors (Lipinski definition) is 1. The van der Waals surface area contributed by atoms with E-state index in [9.17, 15) is 0 Å². The molecule has 0 radical (unpaired) electrons. The monoisotopic (exact) mass is 255 g/mol. The van der Waals surface area contributed by atoms with E-state index < -0.39 is 0 Å². The summed E-state index contributed by atoms with van der Waals surface area (Å²) in [6.07, 6.45) is 8.80. The molecule has 1 aromatic carbocycles. The van der Waals surface area contributed by atoms with E-state index in [-0.39, 0.29) is 0 Å². The molecule has 4 unspecified atom stereocenters. The predicted molar refractivity (Wildman–Crippen MR) is 81.0 cm³/mol. The molecule has 1 N–H and O–H groups in total. The number of allylic oxidation sites excluding steroid dienone is 2. The molecule has 0 aromatic heterocycles. The first-order valence-corrected chi connectivity index (χ1v) is 7.75. The van der Waals surface area contributed by atoms with Crippen molar-refractivity contribution in [2.24, 2.45) is 17.8 Å². The Labute approximate surface area is 117 Å². The van der Waals surface area contributed by atoms with Crippen molar-refractivity contribution in [2.75, 3.05) is 0 Å². The van der Waals surface area contributed by atoms with Gasteiger partial charge in [0.15, 0.2) is 0 Å². The third-order valence-electron chi connectivity index (χ3n) is 5.03. The maximum absolute atomic E-state index is 3.73. The Balaban J connectivity index is 1.52. The van der Waals surface area contributed by atoms with Gasteiger partial charge in [0.1, 0.15) is 0 Å². The van der Waals surface area contributed by atoms with E-state index >= 15 is 0 Å². The van der Waals surface area contributed by atoms with Crippen molar-refractivity contribution in [3.8, 4) is 0 Å². The Bertz CT molecular complexity index is 445. The van der Waals surface area contributed by atoms with Crippen LogP contribution >= 0.6 is 0 Å². The number of hydrogen-bond donors (Lipinski definition) is 1. The van der Waals surface area contributed by atoms with E-state index in [4.69, 9.17) is 0 Å².